The smallest absolute Gasteiger partial charge is 0.291 e. The van der Waals surface area contributed by atoms with Crippen LogP contribution in [0.25, 0.3) is 17.1 Å². The zero-order valence-electron chi connectivity index (χ0n) is 13.9. The maximum absolute atomic E-state index is 13.2. The number of nitrogens with zero attached hydrogens (tertiary/aromatic N) is 3. The lowest BCUT2D eigenvalue weighted by atomic mass is 10.2. The van der Waals surface area contributed by atoms with E-state index in [9.17, 15) is 13.6 Å². The van der Waals surface area contributed by atoms with Gasteiger partial charge in [-0.05, 0) is 48.5 Å². The highest BCUT2D eigenvalue weighted by molar-refractivity contribution is 5.91. The van der Waals surface area contributed by atoms with Crippen LogP contribution in [0.2, 0.25) is 0 Å². The summed E-state index contributed by atoms with van der Waals surface area (Å²) < 4.78 is 32.7. The van der Waals surface area contributed by atoms with Gasteiger partial charge in [-0.2, -0.15) is 0 Å². The molecule has 0 aliphatic heterocycles. The van der Waals surface area contributed by atoms with E-state index in [2.05, 4.69) is 15.4 Å². The lowest BCUT2D eigenvalue weighted by Crippen LogP contribution is -2.28. The fraction of sp³-hybridized carbons (Fsp3) is 0.167. The fourth-order valence-electron chi connectivity index (χ4n) is 2.30. The van der Waals surface area contributed by atoms with Crippen LogP contribution in [0.4, 0.5) is 8.78 Å². The molecular weight excluding hydrogens is 342 g/mol. The Morgan fingerprint density at radius 3 is 2.31 bits per heavy atom. The topological polar surface area (TPSA) is 69.0 Å². The minimum atomic E-state index is -0.466. The number of benzene rings is 2. The predicted octanol–water partition coefficient (Wildman–Crippen LogP) is 2.59. The lowest BCUT2D eigenvalue weighted by Gasteiger charge is -2.05. The number of rotatable bonds is 6. The van der Waals surface area contributed by atoms with E-state index < -0.39 is 11.7 Å². The highest BCUT2D eigenvalue weighted by Crippen LogP contribution is 2.22. The van der Waals surface area contributed by atoms with Gasteiger partial charge in [0.25, 0.3) is 5.91 Å². The van der Waals surface area contributed by atoms with Crippen molar-refractivity contribution in [3.8, 4) is 17.1 Å². The Balaban J connectivity index is 2.01. The van der Waals surface area contributed by atoms with Crippen LogP contribution in [0.1, 0.15) is 10.6 Å². The number of ether oxygens (including phenoxy) is 1. The van der Waals surface area contributed by atoms with Gasteiger partial charge in [0, 0.05) is 19.2 Å². The van der Waals surface area contributed by atoms with Gasteiger partial charge >= 0.3 is 0 Å². The van der Waals surface area contributed by atoms with Gasteiger partial charge in [0.05, 0.1) is 12.3 Å². The molecule has 0 aliphatic rings. The summed E-state index contributed by atoms with van der Waals surface area (Å²) in [7, 11) is 1.53. The third-order valence-electron chi connectivity index (χ3n) is 3.58. The van der Waals surface area contributed by atoms with E-state index in [0.717, 1.165) is 0 Å². The fourth-order valence-corrected chi connectivity index (χ4v) is 2.30. The van der Waals surface area contributed by atoms with Crippen molar-refractivity contribution in [1.82, 2.24) is 20.1 Å². The van der Waals surface area contributed by atoms with Crippen LogP contribution in [0.15, 0.2) is 48.5 Å². The molecule has 0 atom stereocenters. The van der Waals surface area contributed by atoms with Crippen LogP contribution in [0.5, 0.6) is 0 Å². The quantitative estimate of drug-likeness (QED) is 0.688. The van der Waals surface area contributed by atoms with Crippen molar-refractivity contribution in [2.75, 3.05) is 20.3 Å². The molecule has 1 aromatic heterocycles. The van der Waals surface area contributed by atoms with Gasteiger partial charge in [-0.1, -0.05) is 0 Å². The Hall–Kier alpha value is -3.13. The van der Waals surface area contributed by atoms with E-state index in [1.807, 2.05) is 0 Å². The molecule has 134 valence electrons. The number of halogens is 2. The molecule has 0 bridgehead atoms. The Bertz CT molecular complexity index is 830. The largest absolute Gasteiger partial charge is 0.383 e. The summed E-state index contributed by atoms with van der Waals surface area (Å²) in [6.07, 6.45) is 0. The summed E-state index contributed by atoms with van der Waals surface area (Å²) in [5.41, 5.74) is 1.09. The average Bonchev–Trinajstić information content (AvgIpc) is 3.08. The summed E-state index contributed by atoms with van der Waals surface area (Å²) in [5.74, 6) is -0.960. The number of hydrogen-bond donors (Lipinski definition) is 1. The molecule has 3 rings (SSSR count). The minimum Gasteiger partial charge on any atom is -0.383 e. The van der Waals surface area contributed by atoms with Crippen molar-refractivity contribution in [3.63, 3.8) is 0 Å². The number of methoxy groups -OCH3 is 1. The van der Waals surface area contributed by atoms with Crippen molar-refractivity contribution >= 4 is 5.91 Å². The predicted molar refractivity (Wildman–Crippen MR) is 90.9 cm³/mol. The van der Waals surface area contributed by atoms with Crippen molar-refractivity contribution in [2.24, 2.45) is 0 Å². The van der Waals surface area contributed by atoms with Gasteiger partial charge in [0.2, 0.25) is 5.82 Å². The first-order valence-corrected chi connectivity index (χ1v) is 7.84. The normalized spacial score (nSPS) is 10.7. The summed E-state index contributed by atoms with van der Waals surface area (Å²) in [6, 6.07) is 11.2. The van der Waals surface area contributed by atoms with Gasteiger partial charge in [0.15, 0.2) is 5.82 Å². The molecule has 0 unspecified atom stereocenters. The molecule has 0 saturated heterocycles. The first-order valence-electron chi connectivity index (χ1n) is 7.84. The maximum Gasteiger partial charge on any atom is 0.291 e. The van der Waals surface area contributed by atoms with Crippen LogP contribution < -0.4 is 5.32 Å². The number of hydrogen-bond acceptors (Lipinski definition) is 4. The van der Waals surface area contributed by atoms with E-state index in [1.165, 1.54) is 60.3 Å². The number of amides is 1. The lowest BCUT2D eigenvalue weighted by molar-refractivity contribution is 0.0927. The second kappa shape index (κ2) is 7.83. The van der Waals surface area contributed by atoms with Crippen LogP contribution in [0.3, 0.4) is 0 Å². The van der Waals surface area contributed by atoms with Crippen LogP contribution in [-0.2, 0) is 4.74 Å². The molecule has 0 fully saturated rings. The third kappa shape index (κ3) is 3.92. The van der Waals surface area contributed by atoms with Gasteiger partial charge in [-0.3, -0.25) is 4.79 Å². The number of nitrogens with one attached hydrogen (secondary N) is 1. The van der Waals surface area contributed by atoms with Crippen molar-refractivity contribution in [2.45, 2.75) is 0 Å². The molecule has 0 spiro atoms. The van der Waals surface area contributed by atoms with E-state index in [0.29, 0.717) is 30.2 Å². The molecule has 0 saturated carbocycles. The molecule has 0 radical (unpaired) electrons. The average molecular weight is 358 g/mol. The highest BCUT2D eigenvalue weighted by atomic mass is 19.1. The van der Waals surface area contributed by atoms with E-state index in [4.69, 9.17) is 4.74 Å². The van der Waals surface area contributed by atoms with Crippen LogP contribution in [-0.4, -0.2) is 40.9 Å². The Morgan fingerprint density at radius 1 is 1.08 bits per heavy atom. The highest BCUT2D eigenvalue weighted by Gasteiger charge is 2.18. The summed E-state index contributed by atoms with van der Waals surface area (Å²) in [5, 5.41) is 6.86. The zero-order valence-corrected chi connectivity index (χ0v) is 13.9. The van der Waals surface area contributed by atoms with Gasteiger partial charge in [0.1, 0.15) is 11.6 Å². The van der Waals surface area contributed by atoms with E-state index >= 15 is 0 Å². The molecular formula is C18H16F2N4O2. The van der Waals surface area contributed by atoms with Crippen molar-refractivity contribution in [3.05, 3.63) is 66.0 Å². The molecule has 3 aromatic rings. The monoisotopic (exact) mass is 358 g/mol. The Kier molecular flexibility index (Phi) is 5.33. The van der Waals surface area contributed by atoms with E-state index in [-0.39, 0.29) is 11.6 Å². The first kappa shape index (κ1) is 17.7. The molecule has 26 heavy (non-hydrogen) atoms. The summed E-state index contributed by atoms with van der Waals surface area (Å²) in [6.45, 7) is 0.668. The van der Waals surface area contributed by atoms with Crippen LogP contribution >= 0.6 is 0 Å². The molecule has 1 N–H and O–H groups in total. The Labute approximate surface area is 148 Å². The molecule has 0 aliphatic carbocycles. The third-order valence-corrected chi connectivity index (χ3v) is 3.58. The van der Waals surface area contributed by atoms with Gasteiger partial charge < -0.3 is 10.1 Å². The number of carbonyl (C=O) groups is 1. The minimum absolute atomic E-state index is 0.0512. The second-order valence-corrected chi connectivity index (χ2v) is 5.40. The molecule has 8 heteroatoms. The Morgan fingerprint density at radius 2 is 1.69 bits per heavy atom. The summed E-state index contributed by atoms with van der Waals surface area (Å²) >= 11 is 0. The molecule has 6 nitrogen and oxygen atoms in total. The first-order chi connectivity index (χ1) is 12.6. The molecule has 1 amide bonds. The number of aromatic nitrogens is 3. The van der Waals surface area contributed by atoms with Crippen molar-refractivity contribution in [1.29, 1.82) is 0 Å². The standard InChI is InChI=1S/C18H16F2N4O2/c1-26-11-10-21-18(25)16-22-17(12-2-4-13(19)5-3-12)24(23-16)15-8-6-14(20)7-9-15/h2-9H,10-11H2,1H3,(H,21,25). The van der Waals surface area contributed by atoms with Gasteiger partial charge in [-0.25, -0.2) is 18.4 Å². The summed E-state index contributed by atoms with van der Waals surface area (Å²) in [4.78, 5) is 16.5. The molecule has 2 aromatic carbocycles. The van der Waals surface area contributed by atoms with Gasteiger partial charge in [-0.15, -0.1) is 5.10 Å². The SMILES string of the molecule is COCCNC(=O)c1nc(-c2ccc(F)cc2)n(-c2ccc(F)cc2)n1. The van der Waals surface area contributed by atoms with Crippen molar-refractivity contribution < 1.29 is 18.3 Å². The maximum atomic E-state index is 13.2. The zero-order chi connectivity index (χ0) is 18.5. The number of carbonyl (C=O) groups excluding carboxylic acids is 1. The van der Waals surface area contributed by atoms with Crippen LogP contribution in [0, 0.1) is 11.6 Å². The second-order valence-electron chi connectivity index (χ2n) is 5.40. The van der Waals surface area contributed by atoms with E-state index in [1.54, 1.807) is 0 Å². The molecule has 1 heterocycles.